The quantitative estimate of drug-likeness (QED) is 0.749. The molecule has 0 aliphatic carbocycles. The molecule has 1 aliphatic rings. The Hall–Kier alpha value is -1.51. The monoisotopic (exact) mass is 422 g/mol. The first-order valence-corrected chi connectivity index (χ1v) is 10.5. The van der Waals surface area contributed by atoms with Crippen molar-refractivity contribution in [3.8, 4) is 5.75 Å². The number of hydrogen-bond donors (Lipinski definition) is 1. The molecule has 2 rings (SSSR count). The Bertz CT molecular complexity index is 777. The van der Waals surface area contributed by atoms with Gasteiger partial charge in [-0.25, -0.2) is 8.42 Å². The molecule has 0 radical (unpaired) electrons. The number of sulfone groups is 1. The molecule has 1 aliphatic heterocycles. The lowest BCUT2D eigenvalue weighted by Gasteiger charge is -2.31. The summed E-state index contributed by atoms with van der Waals surface area (Å²) in [7, 11) is -2.13. The Kier molecular flexibility index (Phi) is 7.14. The summed E-state index contributed by atoms with van der Waals surface area (Å²) in [6.45, 7) is 0.402. The number of nitrogens with zero attached hydrogens (tertiary/aromatic N) is 1. The summed E-state index contributed by atoms with van der Waals surface area (Å²) in [5.74, 6) is -0.956. The van der Waals surface area contributed by atoms with E-state index in [4.69, 9.17) is 27.9 Å². The van der Waals surface area contributed by atoms with Gasteiger partial charge in [0.05, 0.1) is 10.3 Å². The molecule has 0 aromatic heterocycles. The van der Waals surface area contributed by atoms with Gasteiger partial charge in [0.15, 0.2) is 16.4 Å². The molecule has 0 atom stereocenters. The molecule has 10 heteroatoms. The van der Waals surface area contributed by atoms with Gasteiger partial charge >= 0.3 is 0 Å². The highest BCUT2D eigenvalue weighted by atomic mass is 35.5. The van der Waals surface area contributed by atoms with E-state index in [1.54, 1.807) is 17.0 Å². The van der Waals surface area contributed by atoms with Crippen LogP contribution in [0.2, 0.25) is 10.0 Å². The average Bonchev–Trinajstić information content (AvgIpc) is 2.60. The molecular weight excluding hydrogens is 403 g/mol. The van der Waals surface area contributed by atoms with Gasteiger partial charge in [-0.3, -0.25) is 9.59 Å². The summed E-state index contributed by atoms with van der Waals surface area (Å²) in [6, 6.07) is 4.71. The molecule has 144 valence electrons. The molecule has 1 aromatic rings. The lowest BCUT2D eigenvalue weighted by atomic mass is 10.1. The van der Waals surface area contributed by atoms with Crippen LogP contribution in [0, 0.1) is 0 Å². The SMILES string of the molecule is CNC(=O)CS(=O)(=O)C1CCN(C(=O)COc2ccc(Cl)cc2Cl)CC1. The van der Waals surface area contributed by atoms with Gasteiger partial charge in [-0.1, -0.05) is 23.2 Å². The number of benzene rings is 1. The van der Waals surface area contributed by atoms with Crippen LogP contribution < -0.4 is 10.1 Å². The van der Waals surface area contributed by atoms with Crippen molar-refractivity contribution in [1.29, 1.82) is 0 Å². The molecule has 26 heavy (non-hydrogen) atoms. The largest absolute Gasteiger partial charge is 0.482 e. The fourth-order valence-electron chi connectivity index (χ4n) is 2.66. The molecular formula is C16H20Cl2N2O5S. The number of likely N-dealkylation sites (tertiary alicyclic amines) is 1. The van der Waals surface area contributed by atoms with Crippen LogP contribution in [0.3, 0.4) is 0 Å². The highest BCUT2D eigenvalue weighted by molar-refractivity contribution is 7.92. The number of hydrogen-bond acceptors (Lipinski definition) is 5. The van der Waals surface area contributed by atoms with Gasteiger partial charge in [0, 0.05) is 25.2 Å². The maximum absolute atomic E-state index is 12.2. The number of rotatable bonds is 6. The van der Waals surface area contributed by atoms with E-state index in [0.717, 1.165) is 0 Å². The van der Waals surface area contributed by atoms with E-state index in [9.17, 15) is 18.0 Å². The highest BCUT2D eigenvalue weighted by Gasteiger charge is 2.32. The third-order valence-corrected chi connectivity index (χ3v) is 6.84. The van der Waals surface area contributed by atoms with E-state index < -0.39 is 26.7 Å². The van der Waals surface area contributed by atoms with Crippen LogP contribution >= 0.6 is 23.2 Å². The lowest BCUT2D eigenvalue weighted by Crippen LogP contribution is -2.45. The lowest BCUT2D eigenvalue weighted by molar-refractivity contribution is -0.134. The molecule has 0 spiro atoms. The molecule has 0 bridgehead atoms. The van der Waals surface area contributed by atoms with Crippen LogP contribution in [0.15, 0.2) is 18.2 Å². The van der Waals surface area contributed by atoms with E-state index >= 15 is 0 Å². The fraction of sp³-hybridized carbons (Fsp3) is 0.500. The van der Waals surface area contributed by atoms with Gasteiger partial charge in [-0.2, -0.15) is 0 Å². The van der Waals surface area contributed by atoms with E-state index in [1.165, 1.54) is 13.1 Å². The zero-order valence-corrected chi connectivity index (χ0v) is 16.5. The van der Waals surface area contributed by atoms with Crippen LogP contribution in [0.4, 0.5) is 0 Å². The number of carbonyl (C=O) groups excluding carboxylic acids is 2. The number of ether oxygens (including phenoxy) is 1. The second-order valence-corrected chi connectivity index (χ2v) is 9.05. The Morgan fingerprint density at radius 2 is 1.92 bits per heavy atom. The predicted molar refractivity (Wildman–Crippen MR) is 99.4 cm³/mol. The predicted octanol–water partition coefficient (Wildman–Crippen LogP) is 1.52. The number of piperidine rings is 1. The maximum atomic E-state index is 12.2. The van der Waals surface area contributed by atoms with Crippen LogP contribution in [0.25, 0.3) is 0 Å². The molecule has 1 saturated heterocycles. The molecule has 1 aromatic carbocycles. The van der Waals surface area contributed by atoms with Crippen molar-refractivity contribution in [3.63, 3.8) is 0 Å². The fourth-order valence-corrected chi connectivity index (χ4v) is 4.80. The molecule has 1 fully saturated rings. The highest BCUT2D eigenvalue weighted by Crippen LogP contribution is 2.27. The number of carbonyl (C=O) groups is 2. The van der Waals surface area contributed by atoms with Gasteiger partial charge < -0.3 is 15.0 Å². The summed E-state index contributed by atoms with van der Waals surface area (Å²) in [5, 5.41) is 2.47. The molecule has 2 amide bonds. The summed E-state index contributed by atoms with van der Waals surface area (Å²) in [6.07, 6.45) is 0.597. The zero-order chi connectivity index (χ0) is 19.3. The van der Waals surface area contributed by atoms with E-state index in [2.05, 4.69) is 5.32 Å². The van der Waals surface area contributed by atoms with Gasteiger partial charge in [0.1, 0.15) is 11.5 Å². The third-order valence-electron chi connectivity index (χ3n) is 4.16. The first kappa shape index (κ1) is 20.8. The Labute approximate surface area is 162 Å². The maximum Gasteiger partial charge on any atom is 0.260 e. The van der Waals surface area contributed by atoms with Gasteiger partial charge in [-0.05, 0) is 31.0 Å². The molecule has 1 heterocycles. The van der Waals surface area contributed by atoms with Crippen LogP contribution in [0.5, 0.6) is 5.75 Å². The van der Waals surface area contributed by atoms with E-state index in [1.807, 2.05) is 0 Å². The smallest absolute Gasteiger partial charge is 0.260 e. The van der Waals surface area contributed by atoms with Crippen molar-refractivity contribution in [2.75, 3.05) is 32.5 Å². The topological polar surface area (TPSA) is 92.8 Å². The van der Waals surface area contributed by atoms with Gasteiger partial charge in [0.25, 0.3) is 5.91 Å². The standard InChI is InChI=1S/C16H20Cl2N2O5S/c1-19-15(21)10-26(23,24)12-4-6-20(7-5-12)16(22)9-25-14-3-2-11(17)8-13(14)18/h2-3,8,12H,4-7,9-10H2,1H3,(H,19,21). The van der Waals surface area contributed by atoms with Gasteiger partial charge in [-0.15, -0.1) is 0 Å². The van der Waals surface area contributed by atoms with E-state index in [-0.39, 0.29) is 12.5 Å². The summed E-state index contributed by atoms with van der Waals surface area (Å²) in [4.78, 5) is 25.1. The first-order chi connectivity index (χ1) is 12.2. The normalized spacial score (nSPS) is 15.6. The van der Waals surface area contributed by atoms with Crippen molar-refractivity contribution in [1.82, 2.24) is 10.2 Å². The van der Waals surface area contributed by atoms with Crippen molar-refractivity contribution < 1.29 is 22.7 Å². The summed E-state index contributed by atoms with van der Waals surface area (Å²) >= 11 is 11.8. The minimum Gasteiger partial charge on any atom is -0.482 e. The number of halogens is 2. The molecule has 0 unspecified atom stereocenters. The Morgan fingerprint density at radius 3 is 2.50 bits per heavy atom. The van der Waals surface area contributed by atoms with Crippen LogP contribution in [-0.4, -0.2) is 62.9 Å². The van der Waals surface area contributed by atoms with Crippen LogP contribution in [0.1, 0.15) is 12.8 Å². The number of nitrogens with one attached hydrogen (secondary N) is 1. The van der Waals surface area contributed by atoms with Crippen LogP contribution in [-0.2, 0) is 19.4 Å². The first-order valence-electron chi connectivity index (χ1n) is 8.00. The minimum atomic E-state index is -3.52. The van der Waals surface area contributed by atoms with Crippen molar-refractivity contribution in [2.45, 2.75) is 18.1 Å². The third kappa shape index (κ3) is 5.49. The second-order valence-electron chi connectivity index (χ2n) is 5.92. The Balaban J connectivity index is 1.85. The number of amides is 2. The molecule has 1 N–H and O–H groups in total. The van der Waals surface area contributed by atoms with Crippen molar-refractivity contribution >= 4 is 44.9 Å². The second kappa shape index (κ2) is 8.92. The average molecular weight is 423 g/mol. The van der Waals surface area contributed by atoms with Crippen molar-refractivity contribution in [3.05, 3.63) is 28.2 Å². The zero-order valence-electron chi connectivity index (χ0n) is 14.2. The summed E-state index contributed by atoms with van der Waals surface area (Å²) < 4.78 is 29.8. The minimum absolute atomic E-state index is 0.197. The molecule has 7 nitrogen and oxygen atoms in total. The summed E-state index contributed by atoms with van der Waals surface area (Å²) in [5.41, 5.74) is 0. The molecule has 0 saturated carbocycles. The Morgan fingerprint density at radius 1 is 1.27 bits per heavy atom. The van der Waals surface area contributed by atoms with Gasteiger partial charge in [0.2, 0.25) is 5.91 Å². The van der Waals surface area contributed by atoms with E-state index in [0.29, 0.717) is 41.7 Å². The van der Waals surface area contributed by atoms with Crippen molar-refractivity contribution in [2.24, 2.45) is 0 Å².